The summed E-state index contributed by atoms with van der Waals surface area (Å²) in [7, 11) is -2.94. The van der Waals surface area contributed by atoms with Crippen molar-refractivity contribution >= 4 is 24.9 Å². The van der Waals surface area contributed by atoms with Crippen molar-refractivity contribution in [3.8, 4) is 5.75 Å². The van der Waals surface area contributed by atoms with Crippen molar-refractivity contribution < 1.29 is 19.0 Å². The van der Waals surface area contributed by atoms with Gasteiger partial charge in [0.1, 0.15) is 23.2 Å². The summed E-state index contributed by atoms with van der Waals surface area (Å²) in [6, 6.07) is 7.53. The minimum atomic E-state index is -2.94. The number of hydrogen-bond acceptors (Lipinski definition) is 6. The molecule has 28 heavy (non-hydrogen) atoms. The first-order chi connectivity index (χ1) is 13.2. The molecule has 1 aromatic carbocycles. The SMILES string of the molecule is Cc1nc(N)c2c(n1)N(Cc1ccc(OCCCCP(C)(=O)O)cc1)C(=O)C2. The number of carbonyl (C=O) groups is 1. The number of carbonyl (C=O) groups excluding carboxylic acids is 1. The van der Waals surface area contributed by atoms with Crippen molar-refractivity contribution in [2.45, 2.75) is 32.7 Å². The van der Waals surface area contributed by atoms with E-state index in [0.29, 0.717) is 48.8 Å². The van der Waals surface area contributed by atoms with Gasteiger partial charge in [0.2, 0.25) is 5.91 Å². The molecule has 2 aromatic rings. The van der Waals surface area contributed by atoms with Gasteiger partial charge in [-0.25, -0.2) is 9.97 Å². The first-order valence-corrected chi connectivity index (χ1v) is 11.5. The van der Waals surface area contributed by atoms with Crippen LogP contribution in [0, 0.1) is 6.92 Å². The molecule has 1 amide bonds. The Balaban J connectivity index is 1.57. The molecule has 0 aliphatic carbocycles. The second kappa shape index (κ2) is 8.29. The quantitative estimate of drug-likeness (QED) is 0.512. The van der Waals surface area contributed by atoms with E-state index in [9.17, 15) is 14.3 Å². The molecule has 1 aliphatic heterocycles. The summed E-state index contributed by atoms with van der Waals surface area (Å²) in [5.74, 6) is 2.18. The number of nitrogen functional groups attached to an aromatic ring is 1. The van der Waals surface area contributed by atoms with Gasteiger partial charge >= 0.3 is 0 Å². The van der Waals surface area contributed by atoms with Crippen LogP contribution in [0.25, 0.3) is 0 Å². The van der Waals surface area contributed by atoms with Gasteiger partial charge < -0.3 is 15.4 Å². The van der Waals surface area contributed by atoms with Crippen LogP contribution in [0.15, 0.2) is 24.3 Å². The Bertz CT molecular complexity index is 911. The normalized spacial score (nSPS) is 15.4. The van der Waals surface area contributed by atoms with E-state index in [2.05, 4.69) is 9.97 Å². The lowest BCUT2D eigenvalue weighted by atomic mass is 10.2. The molecular formula is C19H25N4O4P. The minimum absolute atomic E-state index is 0.0426. The number of ether oxygens (including phenoxy) is 1. The second-order valence-corrected chi connectivity index (χ2v) is 9.64. The van der Waals surface area contributed by atoms with E-state index in [4.69, 9.17) is 10.5 Å². The zero-order valence-corrected chi connectivity index (χ0v) is 17.0. The number of rotatable bonds is 8. The molecule has 3 rings (SSSR count). The standard InChI is InChI=1S/C19H25N4O4P/c1-13-21-18(20)16-11-17(24)23(19(16)22-13)12-14-5-7-15(8-6-14)27-9-3-4-10-28(2,25)26/h5-8H,3-4,9-12H2,1-2H3,(H,25,26)(H2,20,21,22). The number of nitrogens with two attached hydrogens (primary N) is 1. The molecule has 0 spiro atoms. The Morgan fingerprint density at radius 1 is 1.25 bits per heavy atom. The van der Waals surface area contributed by atoms with E-state index in [0.717, 1.165) is 17.7 Å². The molecular weight excluding hydrogens is 379 g/mol. The van der Waals surface area contributed by atoms with E-state index in [1.165, 1.54) is 6.66 Å². The number of anilines is 2. The van der Waals surface area contributed by atoms with Gasteiger partial charge in [-0.15, -0.1) is 0 Å². The lowest BCUT2D eigenvalue weighted by Crippen LogP contribution is -2.26. The summed E-state index contributed by atoms with van der Waals surface area (Å²) in [6.45, 7) is 4.03. The van der Waals surface area contributed by atoms with E-state index in [1.54, 1.807) is 11.8 Å². The van der Waals surface area contributed by atoms with Crippen LogP contribution in [-0.4, -0.2) is 40.2 Å². The van der Waals surface area contributed by atoms with Crippen LogP contribution in [-0.2, 0) is 22.3 Å². The summed E-state index contributed by atoms with van der Waals surface area (Å²) in [5, 5.41) is 0. The highest BCUT2D eigenvalue weighted by molar-refractivity contribution is 7.57. The van der Waals surface area contributed by atoms with Crippen molar-refractivity contribution in [1.82, 2.24) is 9.97 Å². The zero-order valence-electron chi connectivity index (χ0n) is 16.1. The minimum Gasteiger partial charge on any atom is -0.494 e. The van der Waals surface area contributed by atoms with E-state index in [-0.39, 0.29) is 12.3 Å². The highest BCUT2D eigenvalue weighted by Crippen LogP contribution is 2.36. The molecule has 2 heterocycles. The van der Waals surface area contributed by atoms with Crippen molar-refractivity contribution in [1.29, 1.82) is 0 Å². The Kier molecular flexibility index (Phi) is 6.01. The molecule has 3 N–H and O–H groups in total. The van der Waals surface area contributed by atoms with Gasteiger partial charge in [-0.3, -0.25) is 14.3 Å². The van der Waals surface area contributed by atoms with Crippen LogP contribution in [0.3, 0.4) is 0 Å². The lowest BCUT2D eigenvalue weighted by Gasteiger charge is -2.17. The first kappa shape index (κ1) is 20.3. The van der Waals surface area contributed by atoms with Crippen molar-refractivity contribution in [2.75, 3.05) is 30.1 Å². The van der Waals surface area contributed by atoms with Gasteiger partial charge in [0.15, 0.2) is 7.37 Å². The largest absolute Gasteiger partial charge is 0.494 e. The fraction of sp³-hybridized carbons (Fsp3) is 0.421. The molecule has 0 saturated carbocycles. The van der Waals surface area contributed by atoms with Crippen LogP contribution in [0.1, 0.15) is 29.8 Å². The lowest BCUT2D eigenvalue weighted by molar-refractivity contribution is -0.117. The number of aryl methyl sites for hydroxylation is 1. The van der Waals surface area contributed by atoms with Crippen molar-refractivity contribution in [2.24, 2.45) is 0 Å². The van der Waals surface area contributed by atoms with Crippen molar-refractivity contribution in [3.63, 3.8) is 0 Å². The van der Waals surface area contributed by atoms with Crippen LogP contribution in [0.5, 0.6) is 5.75 Å². The van der Waals surface area contributed by atoms with Gasteiger partial charge in [-0.05, 0) is 37.5 Å². The molecule has 1 atom stereocenters. The average Bonchev–Trinajstić information content (AvgIpc) is 2.91. The van der Waals surface area contributed by atoms with Gasteiger partial charge in [0.25, 0.3) is 0 Å². The smallest absolute Gasteiger partial charge is 0.233 e. The molecule has 150 valence electrons. The number of unbranched alkanes of at least 4 members (excludes halogenated alkanes) is 1. The molecule has 0 radical (unpaired) electrons. The number of hydrogen-bond donors (Lipinski definition) is 2. The Labute approximate surface area is 164 Å². The summed E-state index contributed by atoms with van der Waals surface area (Å²) in [4.78, 5) is 31.8. The van der Waals surface area contributed by atoms with Crippen LogP contribution in [0.4, 0.5) is 11.6 Å². The average molecular weight is 404 g/mol. The fourth-order valence-electron chi connectivity index (χ4n) is 3.09. The fourth-order valence-corrected chi connectivity index (χ4v) is 3.90. The summed E-state index contributed by atoms with van der Waals surface area (Å²) in [6.07, 6.45) is 1.91. The molecule has 0 bridgehead atoms. The van der Waals surface area contributed by atoms with Gasteiger partial charge in [0.05, 0.1) is 19.6 Å². The Morgan fingerprint density at radius 3 is 2.64 bits per heavy atom. The van der Waals surface area contributed by atoms with E-state index >= 15 is 0 Å². The van der Waals surface area contributed by atoms with E-state index in [1.807, 2.05) is 24.3 Å². The number of fused-ring (bicyclic) bond motifs is 1. The molecule has 9 heteroatoms. The molecule has 1 aromatic heterocycles. The maximum absolute atomic E-state index is 12.4. The third-order valence-electron chi connectivity index (χ3n) is 4.51. The predicted octanol–water partition coefficient (Wildman–Crippen LogP) is 2.52. The molecule has 1 unspecified atom stereocenters. The third-order valence-corrected chi connectivity index (χ3v) is 5.66. The summed E-state index contributed by atoms with van der Waals surface area (Å²) in [5.41, 5.74) is 7.57. The number of nitrogens with zero attached hydrogens (tertiary/aromatic N) is 3. The zero-order chi connectivity index (χ0) is 20.3. The van der Waals surface area contributed by atoms with Crippen LogP contribution >= 0.6 is 7.37 Å². The topological polar surface area (TPSA) is 119 Å². The van der Waals surface area contributed by atoms with Gasteiger partial charge in [-0.1, -0.05) is 12.1 Å². The molecule has 8 nitrogen and oxygen atoms in total. The number of benzene rings is 1. The summed E-state index contributed by atoms with van der Waals surface area (Å²) < 4.78 is 16.9. The summed E-state index contributed by atoms with van der Waals surface area (Å²) >= 11 is 0. The van der Waals surface area contributed by atoms with Gasteiger partial charge in [-0.2, -0.15) is 0 Å². The second-order valence-electron chi connectivity index (χ2n) is 7.09. The van der Waals surface area contributed by atoms with E-state index < -0.39 is 7.37 Å². The maximum atomic E-state index is 12.4. The van der Waals surface area contributed by atoms with Gasteiger partial charge in [0, 0.05) is 18.4 Å². The molecule has 1 aliphatic rings. The highest BCUT2D eigenvalue weighted by atomic mass is 31.2. The Hall–Kier alpha value is -2.44. The first-order valence-electron chi connectivity index (χ1n) is 9.17. The van der Waals surface area contributed by atoms with Crippen LogP contribution in [0.2, 0.25) is 0 Å². The number of aromatic nitrogens is 2. The maximum Gasteiger partial charge on any atom is 0.233 e. The highest BCUT2D eigenvalue weighted by Gasteiger charge is 2.31. The van der Waals surface area contributed by atoms with Crippen molar-refractivity contribution in [3.05, 3.63) is 41.2 Å². The predicted molar refractivity (Wildman–Crippen MR) is 108 cm³/mol. The number of amides is 1. The third kappa shape index (κ3) is 5.09. The van der Waals surface area contributed by atoms with Crippen LogP contribution < -0.4 is 15.4 Å². The molecule has 0 fully saturated rings. The molecule has 0 saturated heterocycles. The Morgan fingerprint density at radius 2 is 1.96 bits per heavy atom. The monoisotopic (exact) mass is 404 g/mol.